The molecule has 0 spiro atoms. The van der Waals surface area contributed by atoms with Crippen LogP contribution in [0.15, 0.2) is 60.8 Å². The van der Waals surface area contributed by atoms with Crippen molar-refractivity contribution >= 4 is 11.9 Å². The summed E-state index contributed by atoms with van der Waals surface area (Å²) in [6, 6.07) is 11.9. The quantitative estimate of drug-likeness (QED) is 0.423. The second kappa shape index (κ2) is 9.24. The molecule has 0 radical (unpaired) electrons. The minimum atomic E-state index is -5.08. The first-order valence-electron chi connectivity index (χ1n) is 10.3. The molecule has 0 fully saturated rings. The maximum Gasteiger partial charge on any atom is 0.573 e. The second-order valence-electron chi connectivity index (χ2n) is 7.57. The third-order valence-corrected chi connectivity index (χ3v) is 5.43. The summed E-state index contributed by atoms with van der Waals surface area (Å²) >= 11 is 0. The Morgan fingerprint density at radius 3 is 2.57 bits per heavy atom. The predicted molar refractivity (Wildman–Crippen MR) is 113 cm³/mol. The van der Waals surface area contributed by atoms with Gasteiger partial charge >= 0.3 is 12.3 Å². The van der Waals surface area contributed by atoms with E-state index >= 15 is 0 Å². The van der Waals surface area contributed by atoms with Crippen LogP contribution in [0.1, 0.15) is 38.4 Å². The maximum absolute atomic E-state index is 14.7. The van der Waals surface area contributed by atoms with Crippen LogP contribution >= 0.6 is 0 Å². The highest BCUT2D eigenvalue weighted by Gasteiger charge is 2.43. The standard InChI is InChI=1S/C24H18F4N2O5/c1-33-22(32)15-5-2-4-14(12-15)21(31)30-23(9-11-34-19-6-3-10-29-20(19)23)16-7-8-18(17(25)13-16)35-24(26,27)28/h2-8,10,12-13H,9,11H2,1H3,(H,30,31). The number of hydrogen-bond acceptors (Lipinski definition) is 6. The summed E-state index contributed by atoms with van der Waals surface area (Å²) in [4.78, 5) is 29.5. The first-order valence-corrected chi connectivity index (χ1v) is 10.3. The van der Waals surface area contributed by atoms with Gasteiger partial charge in [0.1, 0.15) is 17.0 Å². The number of rotatable bonds is 5. The van der Waals surface area contributed by atoms with Crippen molar-refractivity contribution in [2.45, 2.75) is 18.3 Å². The Morgan fingerprint density at radius 2 is 1.86 bits per heavy atom. The third-order valence-electron chi connectivity index (χ3n) is 5.43. The molecule has 7 nitrogen and oxygen atoms in total. The molecule has 182 valence electrons. The molecule has 0 aliphatic carbocycles. The van der Waals surface area contributed by atoms with Crippen molar-refractivity contribution in [1.29, 1.82) is 0 Å². The Labute approximate surface area is 196 Å². The van der Waals surface area contributed by atoms with Crippen LogP contribution < -0.4 is 14.8 Å². The molecule has 11 heteroatoms. The van der Waals surface area contributed by atoms with Crippen molar-refractivity contribution in [3.63, 3.8) is 0 Å². The fourth-order valence-corrected chi connectivity index (χ4v) is 3.88. The van der Waals surface area contributed by atoms with Crippen molar-refractivity contribution in [3.8, 4) is 11.5 Å². The zero-order valence-corrected chi connectivity index (χ0v) is 18.2. The van der Waals surface area contributed by atoms with E-state index in [0.29, 0.717) is 5.75 Å². The summed E-state index contributed by atoms with van der Waals surface area (Å²) in [5, 5.41) is 2.84. The Kier molecular flexibility index (Phi) is 6.33. The fraction of sp³-hybridized carbons (Fsp3) is 0.208. The molecule has 1 aliphatic rings. The van der Waals surface area contributed by atoms with Gasteiger partial charge < -0.3 is 19.5 Å². The van der Waals surface area contributed by atoms with E-state index in [1.54, 1.807) is 12.1 Å². The number of halogens is 4. The first kappa shape index (κ1) is 24.0. The van der Waals surface area contributed by atoms with Crippen LogP contribution in [-0.2, 0) is 10.3 Å². The van der Waals surface area contributed by atoms with Crippen LogP contribution in [0.3, 0.4) is 0 Å². The molecule has 1 N–H and O–H groups in total. The number of alkyl halides is 3. The molecular formula is C24H18F4N2O5. The van der Waals surface area contributed by atoms with E-state index in [1.807, 2.05) is 0 Å². The highest BCUT2D eigenvalue weighted by atomic mass is 19.4. The number of esters is 1. The predicted octanol–water partition coefficient (Wildman–Crippen LogP) is 4.36. The summed E-state index contributed by atoms with van der Waals surface area (Å²) in [6.07, 6.45) is -3.53. The smallest absolute Gasteiger partial charge is 0.491 e. The number of methoxy groups -OCH3 is 1. The molecule has 4 rings (SSSR count). The number of hydrogen-bond donors (Lipinski definition) is 1. The molecular weight excluding hydrogens is 472 g/mol. The van der Waals surface area contributed by atoms with Crippen LogP contribution in [-0.4, -0.2) is 36.9 Å². The lowest BCUT2D eigenvalue weighted by molar-refractivity contribution is -0.275. The minimum Gasteiger partial charge on any atom is -0.491 e. The first-order chi connectivity index (χ1) is 16.6. The van der Waals surface area contributed by atoms with Crippen LogP contribution in [0.25, 0.3) is 0 Å². The van der Waals surface area contributed by atoms with Gasteiger partial charge in [0.05, 0.1) is 19.3 Å². The molecule has 1 unspecified atom stereocenters. The number of fused-ring (bicyclic) bond motifs is 1. The van der Waals surface area contributed by atoms with Crippen molar-refractivity contribution in [2.24, 2.45) is 0 Å². The molecule has 0 saturated carbocycles. The van der Waals surface area contributed by atoms with E-state index in [-0.39, 0.29) is 35.4 Å². The van der Waals surface area contributed by atoms with Crippen molar-refractivity contribution in [3.05, 3.63) is 89.0 Å². The molecule has 0 bridgehead atoms. The number of aromatic nitrogens is 1. The summed E-state index contributed by atoms with van der Waals surface area (Å²) in [5.41, 5.74) is -0.837. The number of pyridine rings is 1. The molecule has 0 saturated heterocycles. The summed E-state index contributed by atoms with van der Waals surface area (Å²) in [5.74, 6) is -3.25. The Balaban J connectivity index is 1.79. The number of benzene rings is 2. The number of carbonyl (C=O) groups is 2. The SMILES string of the molecule is COC(=O)c1cccc(C(=O)NC2(c3ccc(OC(F)(F)F)c(F)c3)CCOc3cccnc32)c1. The van der Waals surface area contributed by atoms with Gasteiger partial charge in [-0.3, -0.25) is 9.78 Å². The lowest BCUT2D eigenvalue weighted by Gasteiger charge is -2.39. The molecule has 1 amide bonds. The zero-order valence-electron chi connectivity index (χ0n) is 18.2. The molecule has 3 aromatic rings. The topological polar surface area (TPSA) is 86.8 Å². The van der Waals surface area contributed by atoms with Gasteiger partial charge in [0.15, 0.2) is 11.6 Å². The van der Waals surface area contributed by atoms with E-state index in [9.17, 15) is 27.2 Å². The average molecular weight is 490 g/mol. The van der Waals surface area contributed by atoms with Crippen LogP contribution in [0, 0.1) is 5.82 Å². The van der Waals surface area contributed by atoms with E-state index in [0.717, 1.165) is 12.1 Å². The van der Waals surface area contributed by atoms with Gasteiger partial charge in [0, 0.05) is 18.2 Å². The molecule has 2 aromatic carbocycles. The van der Waals surface area contributed by atoms with E-state index in [1.165, 1.54) is 43.6 Å². The van der Waals surface area contributed by atoms with Gasteiger partial charge in [0.25, 0.3) is 5.91 Å². The third kappa shape index (κ3) is 4.88. The van der Waals surface area contributed by atoms with E-state index in [2.05, 4.69) is 19.8 Å². The zero-order chi connectivity index (χ0) is 25.2. The molecule has 1 aromatic heterocycles. The summed E-state index contributed by atoms with van der Waals surface area (Å²) in [7, 11) is 1.20. The van der Waals surface area contributed by atoms with Crippen molar-refractivity contribution in [2.75, 3.05) is 13.7 Å². The summed E-state index contributed by atoms with van der Waals surface area (Å²) < 4.78 is 66.6. The van der Waals surface area contributed by atoms with Crippen LogP contribution in [0.4, 0.5) is 17.6 Å². The highest BCUT2D eigenvalue weighted by molar-refractivity contribution is 5.98. The van der Waals surface area contributed by atoms with Gasteiger partial charge in [-0.25, -0.2) is 9.18 Å². The van der Waals surface area contributed by atoms with E-state index < -0.39 is 35.3 Å². The number of nitrogens with one attached hydrogen (secondary N) is 1. The van der Waals surface area contributed by atoms with Gasteiger partial charge in [0.2, 0.25) is 0 Å². The van der Waals surface area contributed by atoms with Crippen LogP contribution in [0.2, 0.25) is 0 Å². The van der Waals surface area contributed by atoms with Gasteiger partial charge in [-0.2, -0.15) is 0 Å². The second-order valence-corrected chi connectivity index (χ2v) is 7.57. The monoisotopic (exact) mass is 490 g/mol. The fourth-order valence-electron chi connectivity index (χ4n) is 3.88. The van der Waals surface area contributed by atoms with Crippen molar-refractivity contribution in [1.82, 2.24) is 10.3 Å². The minimum absolute atomic E-state index is 0.0956. The maximum atomic E-state index is 14.7. The Morgan fingerprint density at radius 1 is 1.09 bits per heavy atom. The van der Waals surface area contributed by atoms with E-state index in [4.69, 9.17) is 4.74 Å². The lowest BCUT2D eigenvalue weighted by Crippen LogP contribution is -2.50. The molecule has 2 heterocycles. The Hall–Kier alpha value is -4.15. The number of nitrogens with zero attached hydrogens (tertiary/aromatic N) is 1. The van der Waals surface area contributed by atoms with Crippen LogP contribution in [0.5, 0.6) is 11.5 Å². The normalized spacial score (nSPS) is 17.1. The highest BCUT2D eigenvalue weighted by Crippen LogP contribution is 2.42. The van der Waals surface area contributed by atoms with Gasteiger partial charge in [-0.15, -0.1) is 13.2 Å². The number of amides is 1. The van der Waals surface area contributed by atoms with Gasteiger partial charge in [-0.1, -0.05) is 12.1 Å². The Bertz CT molecular complexity index is 1280. The lowest BCUT2D eigenvalue weighted by atomic mass is 9.81. The number of ether oxygens (including phenoxy) is 3. The summed E-state index contributed by atoms with van der Waals surface area (Å²) in [6.45, 7) is 0.101. The molecule has 35 heavy (non-hydrogen) atoms. The molecule has 1 aliphatic heterocycles. The molecule has 1 atom stereocenters. The van der Waals surface area contributed by atoms with Crippen molar-refractivity contribution < 1.29 is 41.4 Å². The average Bonchev–Trinajstić information content (AvgIpc) is 2.84. The van der Waals surface area contributed by atoms with Gasteiger partial charge in [-0.05, 0) is 48.0 Å². The number of carbonyl (C=O) groups excluding carboxylic acids is 2. The largest absolute Gasteiger partial charge is 0.573 e.